The third kappa shape index (κ3) is 5.30. The fourth-order valence-corrected chi connectivity index (χ4v) is 4.70. The van der Waals surface area contributed by atoms with E-state index in [1.165, 1.54) is 0 Å². The molecule has 0 aliphatic carbocycles. The number of nitrogens with zero attached hydrogens (tertiary/aromatic N) is 3. The lowest BCUT2D eigenvalue weighted by molar-refractivity contribution is -0.134. The Morgan fingerprint density at radius 1 is 1.14 bits per heavy atom. The third-order valence-corrected chi connectivity index (χ3v) is 6.73. The second-order valence-corrected chi connectivity index (χ2v) is 9.08. The number of hydrogen-bond donors (Lipinski definition) is 1. The van der Waals surface area contributed by atoms with E-state index in [9.17, 15) is 9.59 Å². The number of anilines is 1. The Balaban J connectivity index is 1.58. The van der Waals surface area contributed by atoms with Gasteiger partial charge in [0.15, 0.2) is 0 Å². The molecule has 0 spiro atoms. The summed E-state index contributed by atoms with van der Waals surface area (Å²) < 4.78 is 7.79. The van der Waals surface area contributed by atoms with Gasteiger partial charge in [-0.3, -0.25) is 4.79 Å². The Labute approximate surface area is 211 Å². The standard InChI is InChI=1S/C27H31ClN4O3/c1-4-13-31(27(34)29-20-12-11-19(2)22(28)17-20)18-25(33)32-16-15-30-14-7-9-23(30)26(32)21-8-5-6-10-24(21)35-3/h5-12,14,17,26H,4,13,15-16,18H2,1-3H3,(H,29,34)/t26-/m0/s1. The van der Waals surface area contributed by atoms with E-state index in [0.717, 1.165) is 29.0 Å². The van der Waals surface area contributed by atoms with E-state index in [2.05, 4.69) is 9.88 Å². The number of urea groups is 1. The number of carbonyl (C=O) groups is 2. The average Bonchev–Trinajstić information content (AvgIpc) is 3.34. The normalized spacial score (nSPS) is 14.9. The van der Waals surface area contributed by atoms with Gasteiger partial charge in [-0.25, -0.2) is 4.79 Å². The first-order valence-electron chi connectivity index (χ1n) is 11.8. The van der Waals surface area contributed by atoms with Gasteiger partial charge in [0.2, 0.25) is 5.91 Å². The van der Waals surface area contributed by atoms with Crippen LogP contribution in [0.25, 0.3) is 0 Å². The molecule has 2 aromatic carbocycles. The van der Waals surface area contributed by atoms with Crippen LogP contribution in [-0.2, 0) is 11.3 Å². The van der Waals surface area contributed by atoms with Crippen molar-refractivity contribution in [2.75, 3.05) is 32.1 Å². The molecule has 0 bridgehead atoms. The van der Waals surface area contributed by atoms with Crippen molar-refractivity contribution in [1.82, 2.24) is 14.4 Å². The topological polar surface area (TPSA) is 66.8 Å². The number of benzene rings is 2. The summed E-state index contributed by atoms with van der Waals surface area (Å²) in [6.07, 6.45) is 2.76. The number of hydrogen-bond acceptors (Lipinski definition) is 3. The van der Waals surface area contributed by atoms with Crippen LogP contribution in [0, 0.1) is 6.92 Å². The number of aryl methyl sites for hydroxylation is 1. The molecule has 0 saturated carbocycles. The SMILES string of the molecule is CCCN(CC(=O)N1CCn2cccc2[C@@H]1c1ccccc1OC)C(=O)Nc1ccc(C)c(Cl)c1. The van der Waals surface area contributed by atoms with Gasteiger partial charge in [0.1, 0.15) is 18.3 Å². The highest BCUT2D eigenvalue weighted by molar-refractivity contribution is 6.31. The van der Waals surface area contributed by atoms with Gasteiger partial charge in [0, 0.05) is 47.8 Å². The van der Waals surface area contributed by atoms with E-state index >= 15 is 0 Å². The van der Waals surface area contributed by atoms with E-state index in [-0.39, 0.29) is 24.5 Å². The minimum absolute atomic E-state index is 0.0222. The van der Waals surface area contributed by atoms with Crippen molar-refractivity contribution in [1.29, 1.82) is 0 Å². The van der Waals surface area contributed by atoms with Crippen molar-refractivity contribution < 1.29 is 14.3 Å². The van der Waals surface area contributed by atoms with Crippen LogP contribution >= 0.6 is 11.6 Å². The largest absolute Gasteiger partial charge is 0.496 e. The quantitative estimate of drug-likeness (QED) is 0.482. The van der Waals surface area contributed by atoms with Gasteiger partial charge in [-0.2, -0.15) is 0 Å². The van der Waals surface area contributed by atoms with Crippen LogP contribution < -0.4 is 10.1 Å². The summed E-state index contributed by atoms with van der Waals surface area (Å²) in [6.45, 7) is 5.56. The van der Waals surface area contributed by atoms with Crippen molar-refractivity contribution in [3.63, 3.8) is 0 Å². The number of rotatable bonds is 7. The number of carbonyl (C=O) groups excluding carboxylic acids is 2. The Bertz CT molecular complexity index is 1210. The maximum Gasteiger partial charge on any atom is 0.322 e. The molecule has 1 aliphatic rings. The smallest absolute Gasteiger partial charge is 0.322 e. The first-order valence-corrected chi connectivity index (χ1v) is 12.2. The number of fused-ring (bicyclic) bond motifs is 1. The summed E-state index contributed by atoms with van der Waals surface area (Å²) in [5.74, 6) is 0.614. The molecule has 8 heteroatoms. The van der Waals surface area contributed by atoms with Gasteiger partial charge < -0.3 is 24.4 Å². The van der Waals surface area contributed by atoms with Crippen molar-refractivity contribution in [3.8, 4) is 5.75 Å². The van der Waals surface area contributed by atoms with Crippen LogP contribution in [0.5, 0.6) is 5.75 Å². The van der Waals surface area contributed by atoms with Crippen LogP contribution in [0.3, 0.4) is 0 Å². The maximum atomic E-state index is 13.7. The van der Waals surface area contributed by atoms with Crippen LogP contribution in [0.1, 0.15) is 36.2 Å². The molecule has 1 aliphatic heterocycles. The first-order chi connectivity index (χ1) is 16.9. The molecule has 0 fully saturated rings. The van der Waals surface area contributed by atoms with Crippen LogP contribution in [0.4, 0.5) is 10.5 Å². The predicted octanol–water partition coefficient (Wildman–Crippen LogP) is 5.33. The van der Waals surface area contributed by atoms with Crippen molar-refractivity contribution >= 4 is 29.2 Å². The molecule has 2 heterocycles. The number of methoxy groups -OCH3 is 1. The number of halogens is 1. The van der Waals surface area contributed by atoms with Gasteiger partial charge in [0.05, 0.1) is 7.11 Å². The second kappa shape index (κ2) is 10.9. The fraction of sp³-hybridized carbons (Fsp3) is 0.333. The van der Waals surface area contributed by atoms with Gasteiger partial charge in [-0.15, -0.1) is 0 Å². The molecule has 184 valence electrons. The Kier molecular flexibility index (Phi) is 7.66. The number of nitrogens with one attached hydrogen (secondary N) is 1. The molecule has 3 aromatic rings. The first kappa shape index (κ1) is 24.7. The summed E-state index contributed by atoms with van der Waals surface area (Å²) in [4.78, 5) is 30.2. The summed E-state index contributed by atoms with van der Waals surface area (Å²) in [7, 11) is 1.64. The molecule has 1 N–H and O–H groups in total. The third-order valence-electron chi connectivity index (χ3n) is 6.32. The summed E-state index contributed by atoms with van der Waals surface area (Å²) in [6, 6.07) is 16.6. The number of ether oxygens (including phenoxy) is 1. The maximum absolute atomic E-state index is 13.7. The lowest BCUT2D eigenvalue weighted by Crippen LogP contribution is -2.49. The fourth-order valence-electron chi connectivity index (χ4n) is 4.52. The lowest BCUT2D eigenvalue weighted by atomic mass is 9.98. The zero-order valence-electron chi connectivity index (χ0n) is 20.3. The van der Waals surface area contributed by atoms with Gasteiger partial charge in [-0.05, 0) is 49.2 Å². The molecule has 3 amide bonds. The predicted molar refractivity (Wildman–Crippen MR) is 138 cm³/mol. The minimum atomic E-state index is -0.325. The molecule has 4 rings (SSSR count). The Morgan fingerprint density at radius 2 is 1.94 bits per heavy atom. The van der Waals surface area contributed by atoms with E-state index in [4.69, 9.17) is 16.3 Å². The zero-order chi connectivity index (χ0) is 24.9. The van der Waals surface area contributed by atoms with Crippen molar-refractivity contribution in [2.45, 2.75) is 32.9 Å². The van der Waals surface area contributed by atoms with E-state index in [1.807, 2.05) is 73.5 Å². The molecular formula is C27H31ClN4O3. The molecule has 0 radical (unpaired) electrons. The molecule has 1 aromatic heterocycles. The monoisotopic (exact) mass is 494 g/mol. The number of para-hydroxylation sites is 1. The van der Waals surface area contributed by atoms with Crippen LogP contribution in [0.15, 0.2) is 60.8 Å². The molecule has 35 heavy (non-hydrogen) atoms. The lowest BCUT2D eigenvalue weighted by Gasteiger charge is -2.38. The van der Waals surface area contributed by atoms with Crippen LogP contribution in [0.2, 0.25) is 5.02 Å². The highest BCUT2D eigenvalue weighted by Gasteiger charge is 2.34. The molecule has 0 unspecified atom stereocenters. The number of amides is 3. The molecular weight excluding hydrogens is 464 g/mol. The van der Waals surface area contributed by atoms with Crippen molar-refractivity contribution in [2.24, 2.45) is 0 Å². The molecule has 0 saturated heterocycles. The minimum Gasteiger partial charge on any atom is -0.496 e. The molecule has 7 nitrogen and oxygen atoms in total. The summed E-state index contributed by atoms with van der Waals surface area (Å²) in [5, 5.41) is 3.46. The highest BCUT2D eigenvalue weighted by Crippen LogP contribution is 2.37. The number of aromatic nitrogens is 1. The van der Waals surface area contributed by atoms with Gasteiger partial charge >= 0.3 is 6.03 Å². The van der Waals surface area contributed by atoms with Gasteiger partial charge in [-0.1, -0.05) is 42.8 Å². The second-order valence-electron chi connectivity index (χ2n) is 8.67. The average molecular weight is 495 g/mol. The molecule has 1 atom stereocenters. The van der Waals surface area contributed by atoms with E-state index in [0.29, 0.717) is 30.3 Å². The highest BCUT2D eigenvalue weighted by atomic mass is 35.5. The van der Waals surface area contributed by atoms with Crippen LogP contribution in [-0.4, -0.2) is 53.0 Å². The van der Waals surface area contributed by atoms with E-state index < -0.39 is 0 Å². The Hall–Kier alpha value is -3.45. The Morgan fingerprint density at radius 3 is 2.69 bits per heavy atom. The zero-order valence-corrected chi connectivity index (χ0v) is 21.1. The van der Waals surface area contributed by atoms with Gasteiger partial charge in [0.25, 0.3) is 0 Å². The van der Waals surface area contributed by atoms with Crippen molar-refractivity contribution in [3.05, 3.63) is 82.6 Å². The summed E-state index contributed by atoms with van der Waals surface area (Å²) >= 11 is 6.22. The summed E-state index contributed by atoms with van der Waals surface area (Å²) in [5.41, 5.74) is 3.48. The van der Waals surface area contributed by atoms with E-state index in [1.54, 1.807) is 18.1 Å².